The van der Waals surface area contributed by atoms with Gasteiger partial charge in [-0.2, -0.15) is 0 Å². The fourth-order valence-corrected chi connectivity index (χ4v) is 2.72. The zero-order valence-corrected chi connectivity index (χ0v) is 14.7. The summed E-state index contributed by atoms with van der Waals surface area (Å²) in [5.41, 5.74) is 1.10. The van der Waals surface area contributed by atoms with Gasteiger partial charge in [-0.25, -0.2) is 4.79 Å². The Morgan fingerprint density at radius 3 is 2.38 bits per heavy atom. The Morgan fingerprint density at radius 1 is 1.12 bits per heavy atom. The van der Waals surface area contributed by atoms with E-state index < -0.39 is 0 Å². The lowest BCUT2D eigenvalue weighted by Crippen LogP contribution is -2.53. The molecule has 0 aliphatic carbocycles. The summed E-state index contributed by atoms with van der Waals surface area (Å²) in [4.78, 5) is 27.8. The normalized spacial score (nSPS) is 14.6. The van der Waals surface area contributed by atoms with Gasteiger partial charge in [-0.15, -0.1) is 0 Å². The summed E-state index contributed by atoms with van der Waals surface area (Å²) in [5.74, 6) is 0.129. The first-order valence-electron chi connectivity index (χ1n) is 8.14. The summed E-state index contributed by atoms with van der Waals surface area (Å²) in [7, 11) is 1.60. The van der Waals surface area contributed by atoms with Gasteiger partial charge in [-0.3, -0.25) is 4.79 Å². The number of halogens is 1. The number of rotatable bonds is 6. The molecule has 0 aromatic heterocycles. The largest absolute Gasteiger partial charge is 0.383 e. The van der Waals surface area contributed by atoms with Crippen LogP contribution in [0.1, 0.15) is 12.0 Å². The van der Waals surface area contributed by atoms with E-state index >= 15 is 0 Å². The van der Waals surface area contributed by atoms with Crippen LogP contribution >= 0.6 is 11.6 Å². The number of urea groups is 1. The number of carbonyl (C=O) groups is 2. The van der Waals surface area contributed by atoms with Crippen molar-refractivity contribution in [2.24, 2.45) is 0 Å². The molecule has 0 atom stereocenters. The van der Waals surface area contributed by atoms with E-state index in [1.807, 2.05) is 29.2 Å². The minimum absolute atomic E-state index is 0.0969. The Kier molecular flexibility index (Phi) is 7.34. The van der Waals surface area contributed by atoms with Crippen LogP contribution < -0.4 is 5.32 Å². The molecule has 1 fully saturated rings. The van der Waals surface area contributed by atoms with Crippen LogP contribution in [0.2, 0.25) is 5.02 Å². The first-order chi connectivity index (χ1) is 11.6. The predicted molar refractivity (Wildman–Crippen MR) is 93.2 cm³/mol. The molecule has 3 amide bonds. The van der Waals surface area contributed by atoms with Crippen LogP contribution in [0.15, 0.2) is 24.3 Å². The quantitative estimate of drug-likeness (QED) is 0.793. The number of hydrogen-bond acceptors (Lipinski definition) is 3. The highest BCUT2D eigenvalue weighted by Gasteiger charge is 2.23. The molecule has 0 radical (unpaired) electrons. The van der Waals surface area contributed by atoms with Crippen LogP contribution in [-0.2, 0) is 16.0 Å². The van der Waals surface area contributed by atoms with Gasteiger partial charge >= 0.3 is 6.03 Å². The number of piperazine rings is 1. The van der Waals surface area contributed by atoms with E-state index in [-0.39, 0.29) is 11.9 Å². The lowest BCUT2D eigenvalue weighted by atomic mass is 10.1. The van der Waals surface area contributed by atoms with E-state index in [0.717, 1.165) is 5.56 Å². The van der Waals surface area contributed by atoms with Crippen molar-refractivity contribution >= 4 is 23.5 Å². The molecule has 1 heterocycles. The third-order valence-electron chi connectivity index (χ3n) is 4.04. The molecular weight excluding hydrogens is 330 g/mol. The number of carbonyl (C=O) groups excluding carboxylic acids is 2. The van der Waals surface area contributed by atoms with Crippen molar-refractivity contribution in [2.75, 3.05) is 46.4 Å². The van der Waals surface area contributed by atoms with E-state index in [2.05, 4.69) is 5.32 Å². The fraction of sp³-hybridized carbons (Fsp3) is 0.529. The molecule has 1 aliphatic heterocycles. The number of nitrogens with zero attached hydrogens (tertiary/aromatic N) is 2. The standard InChI is InChI=1S/C17H24ClN3O3/c1-24-13-8-19-17(23)21-11-9-20(10-12-21)16(22)7-4-14-2-5-15(18)6-3-14/h2-3,5-6H,4,7-13H2,1H3,(H,19,23). The zero-order chi connectivity index (χ0) is 17.4. The van der Waals surface area contributed by atoms with E-state index in [1.165, 1.54) is 0 Å². The number of aryl methyl sites for hydroxylation is 1. The highest BCUT2D eigenvalue weighted by atomic mass is 35.5. The predicted octanol–water partition coefficient (Wildman–Crippen LogP) is 1.77. The molecule has 0 saturated carbocycles. The molecule has 1 saturated heterocycles. The van der Waals surface area contributed by atoms with Crippen LogP contribution in [0.4, 0.5) is 4.79 Å². The van der Waals surface area contributed by atoms with E-state index in [4.69, 9.17) is 16.3 Å². The van der Waals surface area contributed by atoms with Crippen molar-refractivity contribution in [1.82, 2.24) is 15.1 Å². The highest BCUT2D eigenvalue weighted by Crippen LogP contribution is 2.12. The van der Waals surface area contributed by atoms with Gasteiger partial charge in [0.05, 0.1) is 6.61 Å². The summed E-state index contributed by atoms with van der Waals surface area (Å²) >= 11 is 5.86. The smallest absolute Gasteiger partial charge is 0.317 e. The molecule has 1 aromatic carbocycles. The fourth-order valence-electron chi connectivity index (χ4n) is 2.59. The molecular formula is C17H24ClN3O3. The maximum absolute atomic E-state index is 12.3. The number of benzene rings is 1. The van der Waals surface area contributed by atoms with Crippen molar-refractivity contribution in [2.45, 2.75) is 12.8 Å². The number of amides is 3. The van der Waals surface area contributed by atoms with Crippen LogP contribution in [0.25, 0.3) is 0 Å². The van der Waals surface area contributed by atoms with Gasteiger partial charge in [-0.05, 0) is 24.1 Å². The second-order valence-electron chi connectivity index (χ2n) is 5.72. The molecule has 6 nitrogen and oxygen atoms in total. The Morgan fingerprint density at radius 2 is 1.75 bits per heavy atom. The summed E-state index contributed by atoms with van der Waals surface area (Å²) in [5, 5.41) is 3.50. The molecule has 7 heteroatoms. The van der Waals surface area contributed by atoms with E-state index in [0.29, 0.717) is 57.2 Å². The summed E-state index contributed by atoms with van der Waals surface area (Å²) in [6, 6.07) is 7.46. The maximum Gasteiger partial charge on any atom is 0.317 e. The Labute approximate surface area is 147 Å². The minimum Gasteiger partial charge on any atom is -0.383 e. The van der Waals surface area contributed by atoms with Gasteiger partial charge < -0.3 is 19.9 Å². The summed E-state index contributed by atoms with van der Waals surface area (Å²) in [6.07, 6.45) is 1.18. The van der Waals surface area contributed by atoms with Crippen molar-refractivity contribution in [3.05, 3.63) is 34.9 Å². The van der Waals surface area contributed by atoms with Crippen LogP contribution in [0, 0.1) is 0 Å². The second kappa shape index (κ2) is 9.49. The lowest BCUT2D eigenvalue weighted by Gasteiger charge is -2.34. The molecule has 1 aromatic rings. The first kappa shape index (κ1) is 18.5. The lowest BCUT2D eigenvalue weighted by molar-refractivity contribution is -0.132. The molecule has 0 unspecified atom stereocenters. The Balaban J connectivity index is 1.70. The van der Waals surface area contributed by atoms with Crippen molar-refractivity contribution in [3.8, 4) is 0 Å². The van der Waals surface area contributed by atoms with Gasteiger partial charge in [0.2, 0.25) is 5.91 Å². The van der Waals surface area contributed by atoms with Gasteiger partial charge in [0.15, 0.2) is 0 Å². The van der Waals surface area contributed by atoms with E-state index in [1.54, 1.807) is 12.0 Å². The number of nitrogens with one attached hydrogen (secondary N) is 1. The average Bonchev–Trinajstić information content (AvgIpc) is 2.61. The van der Waals surface area contributed by atoms with Crippen LogP contribution in [0.5, 0.6) is 0 Å². The summed E-state index contributed by atoms with van der Waals surface area (Å²) in [6.45, 7) is 3.27. The monoisotopic (exact) mass is 353 g/mol. The molecule has 132 valence electrons. The molecule has 0 spiro atoms. The molecule has 0 bridgehead atoms. The van der Waals surface area contributed by atoms with Crippen molar-refractivity contribution in [1.29, 1.82) is 0 Å². The van der Waals surface area contributed by atoms with Gasteiger partial charge in [0, 0.05) is 51.3 Å². The van der Waals surface area contributed by atoms with Crippen molar-refractivity contribution < 1.29 is 14.3 Å². The molecule has 2 rings (SSSR count). The van der Waals surface area contributed by atoms with Gasteiger partial charge in [0.1, 0.15) is 0 Å². The maximum atomic E-state index is 12.3. The molecule has 1 N–H and O–H groups in total. The van der Waals surface area contributed by atoms with Crippen molar-refractivity contribution in [3.63, 3.8) is 0 Å². The second-order valence-corrected chi connectivity index (χ2v) is 6.16. The number of hydrogen-bond donors (Lipinski definition) is 1. The topological polar surface area (TPSA) is 61.9 Å². The summed E-state index contributed by atoms with van der Waals surface area (Å²) < 4.78 is 4.90. The Hall–Kier alpha value is -1.79. The van der Waals surface area contributed by atoms with Gasteiger partial charge in [-0.1, -0.05) is 23.7 Å². The zero-order valence-electron chi connectivity index (χ0n) is 14.0. The number of ether oxygens (including phenoxy) is 1. The minimum atomic E-state index is -0.0969. The SMILES string of the molecule is COCCNC(=O)N1CCN(C(=O)CCc2ccc(Cl)cc2)CC1. The van der Waals surface area contributed by atoms with Gasteiger partial charge in [0.25, 0.3) is 0 Å². The van der Waals surface area contributed by atoms with E-state index in [9.17, 15) is 9.59 Å². The third kappa shape index (κ3) is 5.69. The number of methoxy groups -OCH3 is 1. The average molecular weight is 354 g/mol. The molecule has 1 aliphatic rings. The van der Waals surface area contributed by atoms with Crippen LogP contribution in [0.3, 0.4) is 0 Å². The Bertz CT molecular complexity index is 543. The highest BCUT2D eigenvalue weighted by molar-refractivity contribution is 6.30. The molecule has 24 heavy (non-hydrogen) atoms. The first-order valence-corrected chi connectivity index (χ1v) is 8.52. The third-order valence-corrected chi connectivity index (χ3v) is 4.29. The van der Waals surface area contributed by atoms with Crippen LogP contribution in [-0.4, -0.2) is 68.2 Å².